The van der Waals surface area contributed by atoms with Crippen LogP contribution in [0.25, 0.3) is 11.4 Å². The molecular formula is C17H22FN3. The predicted molar refractivity (Wildman–Crippen MR) is 84.9 cm³/mol. The Morgan fingerprint density at radius 2 is 1.90 bits per heavy atom. The van der Waals surface area contributed by atoms with Gasteiger partial charge in [0.2, 0.25) is 0 Å². The number of benzene rings is 1. The molecule has 0 radical (unpaired) electrons. The van der Waals surface area contributed by atoms with E-state index < -0.39 is 0 Å². The van der Waals surface area contributed by atoms with Gasteiger partial charge in [0.05, 0.1) is 5.69 Å². The number of nitrogens with one attached hydrogen (secondary N) is 1. The first kappa shape index (κ1) is 15.4. The number of aromatic nitrogens is 2. The molecule has 0 fully saturated rings. The van der Waals surface area contributed by atoms with Gasteiger partial charge in [0, 0.05) is 23.6 Å². The molecule has 0 aliphatic carbocycles. The van der Waals surface area contributed by atoms with E-state index >= 15 is 0 Å². The average molecular weight is 287 g/mol. The summed E-state index contributed by atoms with van der Waals surface area (Å²) in [5.74, 6) is 1.07. The summed E-state index contributed by atoms with van der Waals surface area (Å²) in [7, 11) is 0. The Hall–Kier alpha value is -1.97. The molecule has 0 amide bonds. The quantitative estimate of drug-likeness (QED) is 0.905. The van der Waals surface area contributed by atoms with Gasteiger partial charge in [-0.05, 0) is 18.6 Å². The maximum absolute atomic E-state index is 13.4. The fraction of sp³-hybridized carbons (Fsp3) is 0.412. The van der Waals surface area contributed by atoms with E-state index in [0.717, 1.165) is 24.5 Å². The molecule has 1 heterocycles. The molecule has 2 aromatic rings. The van der Waals surface area contributed by atoms with Crippen molar-refractivity contribution in [2.75, 3.05) is 11.9 Å². The van der Waals surface area contributed by atoms with Crippen LogP contribution in [0.2, 0.25) is 0 Å². The normalized spacial score (nSPS) is 11.5. The summed E-state index contributed by atoms with van der Waals surface area (Å²) < 4.78 is 13.4. The summed E-state index contributed by atoms with van der Waals surface area (Å²) in [6, 6.07) is 8.36. The average Bonchev–Trinajstić information content (AvgIpc) is 2.44. The van der Waals surface area contributed by atoms with Crippen LogP contribution in [0.1, 0.15) is 39.8 Å². The van der Waals surface area contributed by atoms with Crippen LogP contribution in [-0.4, -0.2) is 16.5 Å². The van der Waals surface area contributed by atoms with Crippen molar-refractivity contribution in [3.63, 3.8) is 0 Å². The SMILES string of the molecule is CCCNc1cc(C(C)(C)C)nc(-c2cccc(F)c2)n1. The first-order valence-electron chi connectivity index (χ1n) is 7.29. The molecule has 0 unspecified atom stereocenters. The number of nitrogens with zero attached hydrogens (tertiary/aromatic N) is 2. The van der Waals surface area contributed by atoms with Crippen LogP contribution >= 0.6 is 0 Å². The van der Waals surface area contributed by atoms with Gasteiger partial charge in [-0.15, -0.1) is 0 Å². The minimum Gasteiger partial charge on any atom is -0.370 e. The van der Waals surface area contributed by atoms with Crippen molar-refractivity contribution in [1.82, 2.24) is 9.97 Å². The van der Waals surface area contributed by atoms with Crippen molar-refractivity contribution in [2.24, 2.45) is 0 Å². The number of anilines is 1. The Kier molecular flexibility index (Phi) is 4.56. The summed E-state index contributed by atoms with van der Waals surface area (Å²) in [5.41, 5.74) is 1.55. The molecule has 0 saturated heterocycles. The zero-order valence-electron chi connectivity index (χ0n) is 13.1. The molecule has 1 N–H and O–H groups in total. The number of halogens is 1. The van der Waals surface area contributed by atoms with Gasteiger partial charge in [0.1, 0.15) is 11.6 Å². The van der Waals surface area contributed by atoms with Gasteiger partial charge < -0.3 is 5.32 Å². The maximum Gasteiger partial charge on any atom is 0.161 e. The molecule has 0 bridgehead atoms. The molecule has 4 heteroatoms. The van der Waals surface area contributed by atoms with Gasteiger partial charge in [-0.1, -0.05) is 39.8 Å². The fourth-order valence-electron chi connectivity index (χ4n) is 1.93. The largest absolute Gasteiger partial charge is 0.370 e. The van der Waals surface area contributed by atoms with E-state index in [9.17, 15) is 4.39 Å². The van der Waals surface area contributed by atoms with Crippen LogP contribution in [0.4, 0.5) is 10.2 Å². The Labute approximate surface area is 125 Å². The second kappa shape index (κ2) is 6.20. The molecule has 0 atom stereocenters. The Bertz CT molecular complexity index is 618. The minimum atomic E-state index is -0.277. The van der Waals surface area contributed by atoms with E-state index in [4.69, 9.17) is 0 Å². The molecule has 1 aromatic carbocycles. The zero-order chi connectivity index (χ0) is 15.5. The van der Waals surface area contributed by atoms with Gasteiger partial charge in [0.25, 0.3) is 0 Å². The smallest absolute Gasteiger partial charge is 0.161 e. The van der Waals surface area contributed by atoms with Crippen molar-refractivity contribution in [3.8, 4) is 11.4 Å². The number of rotatable bonds is 4. The summed E-state index contributed by atoms with van der Waals surface area (Å²) in [4.78, 5) is 9.11. The highest BCUT2D eigenvalue weighted by molar-refractivity contribution is 5.58. The van der Waals surface area contributed by atoms with Crippen LogP contribution in [0, 0.1) is 5.82 Å². The third kappa shape index (κ3) is 4.00. The van der Waals surface area contributed by atoms with E-state index in [1.807, 2.05) is 12.1 Å². The van der Waals surface area contributed by atoms with E-state index in [-0.39, 0.29) is 11.2 Å². The number of hydrogen-bond acceptors (Lipinski definition) is 3. The van der Waals surface area contributed by atoms with Crippen molar-refractivity contribution in [1.29, 1.82) is 0 Å². The Morgan fingerprint density at radius 3 is 2.52 bits per heavy atom. The molecule has 3 nitrogen and oxygen atoms in total. The van der Waals surface area contributed by atoms with Crippen molar-refractivity contribution < 1.29 is 4.39 Å². The Balaban J connectivity index is 2.49. The van der Waals surface area contributed by atoms with Gasteiger partial charge in [-0.25, -0.2) is 14.4 Å². The first-order valence-corrected chi connectivity index (χ1v) is 7.29. The van der Waals surface area contributed by atoms with Crippen LogP contribution in [0.3, 0.4) is 0 Å². The molecule has 1 aromatic heterocycles. The lowest BCUT2D eigenvalue weighted by atomic mass is 9.91. The first-order chi connectivity index (χ1) is 9.90. The van der Waals surface area contributed by atoms with Crippen LogP contribution in [0.15, 0.2) is 30.3 Å². The highest BCUT2D eigenvalue weighted by Crippen LogP contribution is 2.26. The predicted octanol–water partition coefficient (Wildman–Crippen LogP) is 4.40. The Morgan fingerprint density at radius 1 is 1.14 bits per heavy atom. The molecule has 0 spiro atoms. The molecule has 0 saturated carbocycles. The van der Waals surface area contributed by atoms with E-state index in [1.54, 1.807) is 6.07 Å². The number of hydrogen-bond donors (Lipinski definition) is 1. The zero-order valence-corrected chi connectivity index (χ0v) is 13.1. The molecule has 2 rings (SSSR count). The fourth-order valence-corrected chi connectivity index (χ4v) is 1.93. The van der Waals surface area contributed by atoms with Crippen LogP contribution in [0.5, 0.6) is 0 Å². The minimum absolute atomic E-state index is 0.0896. The highest BCUT2D eigenvalue weighted by Gasteiger charge is 2.18. The third-order valence-corrected chi connectivity index (χ3v) is 3.13. The second-order valence-electron chi connectivity index (χ2n) is 6.15. The summed E-state index contributed by atoms with van der Waals surface area (Å²) in [5, 5.41) is 3.29. The van der Waals surface area contributed by atoms with Gasteiger partial charge in [-0.3, -0.25) is 0 Å². The molecule has 21 heavy (non-hydrogen) atoms. The molecule has 0 aliphatic heterocycles. The summed E-state index contributed by atoms with van der Waals surface area (Å²) >= 11 is 0. The molecule has 0 aliphatic rings. The van der Waals surface area contributed by atoms with Gasteiger partial charge >= 0.3 is 0 Å². The molecule has 112 valence electrons. The van der Waals surface area contributed by atoms with Crippen molar-refractivity contribution in [2.45, 2.75) is 39.5 Å². The lowest BCUT2D eigenvalue weighted by Gasteiger charge is -2.19. The van der Waals surface area contributed by atoms with Crippen LogP contribution in [-0.2, 0) is 5.41 Å². The van der Waals surface area contributed by atoms with E-state index in [1.165, 1.54) is 12.1 Å². The van der Waals surface area contributed by atoms with Gasteiger partial charge in [-0.2, -0.15) is 0 Å². The lowest BCUT2D eigenvalue weighted by Crippen LogP contribution is -2.16. The third-order valence-electron chi connectivity index (χ3n) is 3.13. The maximum atomic E-state index is 13.4. The topological polar surface area (TPSA) is 37.8 Å². The van der Waals surface area contributed by atoms with E-state index in [0.29, 0.717) is 11.4 Å². The highest BCUT2D eigenvalue weighted by atomic mass is 19.1. The monoisotopic (exact) mass is 287 g/mol. The van der Waals surface area contributed by atoms with Crippen molar-refractivity contribution in [3.05, 3.63) is 41.8 Å². The standard InChI is InChI=1S/C17H22FN3/c1-5-9-19-15-11-14(17(2,3)4)20-16(21-15)12-7-6-8-13(18)10-12/h6-8,10-11H,5,9H2,1-4H3,(H,19,20,21). The molecular weight excluding hydrogens is 265 g/mol. The summed E-state index contributed by atoms with van der Waals surface area (Å²) in [6.45, 7) is 9.27. The summed E-state index contributed by atoms with van der Waals surface area (Å²) in [6.07, 6.45) is 1.02. The van der Waals surface area contributed by atoms with Crippen LogP contribution < -0.4 is 5.32 Å². The van der Waals surface area contributed by atoms with Crippen molar-refractivity contribution >= 4 is 5.82 Å². The van der Waals surface area contributed by atoms with Gasteiger partial charge in [0.15, 0.2) is 5.82 Å². The second-order valence-corrected chi connectivity index (χ2v) is 6.15. The lowest BCUT2D eigenvalue weighted by molar-refractivity contribution is 0.568. The van der Waals surface area contributed by atoms with E-state index in [2.05, 4.69) is 43.0 Å².